The van der Waals surface area contributed by atoms with Crippen molar-refractivity contribution in [2.75, 3.05) is 24.0 Å². The summed E-state index contributed by atoms with van der Waals surface area (Å²) >= 11 is 0. The molecule has 5 rings (SSSR count). The Morgan fingerprint density at radius 3 is 1.07 bits per heavy atom. The lowest BCUT2D eigenvalue weighted by Crippen LogP contribution is -2.49. The molecule has 5 aromatic carbocycles. The molecule has 0 unspecified atom stereocenters. The summed E-state index contributed by atoms with van der Waals surface area (Å²) in [5.74, 6) is 0. The van der Waals surface area contributed by atoms with Gasteiger partial charge in [-0.3, -0.25) is 0 Å². The fraction of sp³-hybridized carbons (Fsp3) is 0.167. The zero-order valence-electron chi connectivity index (χ0n) is 24.8. The summed E-state index contributed by atoms with van der Waals surface area (Å²) in [6, 6.07) is 43.3. The largest absolute Gasteiger partial charge is 0.394 e. The van der Waals surface area contributed by atoms with Crippen molar-refractivity contribution in [3.8, 4) is 0 Å². The zero-order chi connectivity index (χ0) is 29.0. The molecule has 0 saturated heterocycles. The van der Waals surface area contributed by atoms with E-state index in [0.29, 0.717) is 0 Å². The molecule has 0 aliphatic rings. The van der Waals surface area contributed by atoms with Gasteiger partial charge < -0.3 is 18.7 Å². The third kappa shape index (κ3) is 6.13. The fourth-order valence-electron chi connectivity index (χ4n) is 5.18. The van der Waals surface area contributed by atoms with Gasteiger partial charge in [-0.1, -0.05) is 48.5 Å². The molecular formula is C36H38N2O2Si. The van der Waals surface area contributed by atoms with E-state index in [9.17, 15) is 0 Å². The number of benzene rings is 5. The summed E-state index contributed by atoms with van der Waals surface area (Å²) in [5.41, 5.74) is 10.3. The zero-order valence-corrected chi connectivity index (χ0v) is 25.8. The molecule has 0 amide bonds. The van der Waals surface area contributed by atoms with E-state index in [-0.39, 0.29) is 0 Å². The van der Waals surface area contributed by atoms with Crippen LogP contribution in [0.2, 0.25) is 6.55 Å². The first kappa shape index (κ1) is 28.4. The maximum atomic E-state index is 5.78. The molecule has 5 heteroatoms. The lowest BCUT2D eigenvalue weighted by atomic mass is 10.1. The lowest BCUT2D eigenvalue weighted by Gasteiger charge is -2.29. The van der Waals surface area contributed by atoms with Crippen LogP contribution in [-0.2, 0) is 8.85 Å². The normalized spacial score (nSPS) is 11.4. The highest BCUT2D eigenvalue weighted by Crippen LogP contribution is 2.39. The fourth-order valence-corrected chi connectivity index (χ4v) is 6.59. The van der Waals surface area contributed by atoms with Crippen LogP contribution in [0.3, 0.4) is 0 Å². The molecule has 0 N–H and O–H groups in total. The Balaban J connectivity index is 1.58. The van der Waals surface area contributed by atoms with Crippen LogP contribution in [0, 0.1) is 20.8 Å². The highest BCUT2D eigenvalue weighted by Gasteiger charge is 2.31. The summed E-state index contributed by atoms with van der Waals surface area (Å²) in [4.78, 5) is 4.61. The number of aryl methyl sites for hydroxylation is 3. The van der Waals surface area contributed by atoms with Crippen molar-refractivity contribution in [1.29, 1.82) is 0 Å². The van der Waals surface area contributed by atoms with Crippen LogP contribution in [0.4, 0.5) is 34.1 Å². The van der Waals surface area contributed by atoms with Gasteiger partial charge in [-0.05, 0) is 122 Å². The Hall–Kier alpha value is -4.16. The molecule has 41 heavy (non-hydrogen) atoms. The first-order valence-corrected chi connectivity index (χ1v) is 16.2. The van der Waals surface area contributed by atoms with Gasteiger partial charge in [-0.2, -0.15) is 0 Å². The smallest absolute Gasteiger partial charge is 0.368 e. The van der Waals surface area contributed by atoms with Crippen molar-refractivity contribution in [3.05, 3.63) is 138 Å². The van der Waals surface area contributed by atoms with Crippen molar-refractivity contribution in [1.82, 2.24) is 0 Å². The number of anilines is 6. The molecule has 0 bridgehead atoms. The highest BCUT2D eigenvalue weighted by molar-refractivity contribution is 6.79. The summed E-state index contributed by atoms with van der Waals surface area (Å²) in [7, 11) is 1.03. The molecule has 0 atom stereocenters. The molecule has 0 saturated carbocycles. The van der Waals surface area contributed by atoms with Crippen molar-refractivity contribution in [3.63, 3.8) is 0 Å². The second-order valence-corrected chi connectivity index (χ2v) is 13.9. The Morgan fingerprint density at radius 2 is 0.756 bits per heavy atom. The molecule has 4 nitrogen and oxygen atoms in total. The van der Waals surface area contributed by atoms with Crippen LogP contribution in [0.1, 0.15) is 16.7 Å². The van der Waals surface area contributed by atoms with E-state index < -0.39 is 8.56 Å². The van der Waals surface area contributed by atoms with Gasteiger partial charge in [-0.15, -0.1) is 0 Å². The van der Waals surface area contributed by atoms with Gasteiger partial charge in [0, 0.05) is 48.3 Å². The third-order valence-electron chi connectivity index (χ3n) is 7.57. The van der Waals surface area contributed by atoms with Crippen molar-refractivity contribution < 1.29 is 8.85 Å². The quantitative estimate of drug-likeness (QED) is 0.168. The second kappa shape index (κ2) is 12.1. The molecule has 0 fully saturated rings. The number of rotatable bonds is 9. The van der Waals surface area contributed by atoms with Crippen LogP contribution in [-0.4, -0.2) is 22.8 Å². The SMILES string of the molecule is CO[Si](C)(OC)c1ccc(N(c2ccc(N(c3cccc(C)c3)c3cccc(C)c3)cc2)c2cccc(C)c2)cc1. The lowest BCUT2D eigenvalue weighted by molar-refractivity contribution is 0.265. The monoisotopic (exact) mass is 558 g/mol. The Bertz CT molecular complexity index is 1570. The summed E-state index contributed by atoms with van der Waals surface area (Å²) < 4.78 is 11.6. The molecule has 0 aromatic heterocycles. The Labute approximate surface area is 245 Å². The van der Waals surface area contributed by atoms with E-state index in [4.69, 9.17) is 8.85 Å². The topological polar surface area (TPSA) is 24.9 Å². The second-order valence-electron chi connectivity index (χ2n) is 10.6. The first-order chi connectivity index (χ1) is 19.8. The van der Waals surface area contributed by atoms with Gasteiger partial charge in [0.2, 0.25) is 0 Å². The van der Waals surface area contributed by atoms with E-state index in [1.165, 1.54) is 16.7 Å². The molecule has 0 spiro atoms. The summed E-state index contributed by atoms with van der Waals surface area (Å²) in [6.07, 6.45) is 0. The average Bonchev–Trinajstić information content (AvgIpc) is 2.98. The maximum Gasteiger partial charge on any atom is 0.368 e. The van der Waals surface area contributed by atoms with Crippen molar-refractivity contribution >= 4 is 47.9 Å². The maximum absolute atomic E-state index is 5.78. The molecule has 0 heterocycles. The molecule has 5 aromatic rings. The van der Waals surface area contributed by atoms with Gasteiger partial charge in [-0.25, -0.2) is 0 Å². The van der Waals surface area contributed by atoms with Crippen molar-refractivity contribution in [2.24, 2.45) is 0 Å². The highest BCUT2D eigenvalue weighted by atomic mass is 28.4. The number of nitrogens with zero attached hydrogens (tertiary/aromatic N) is 2. The van der Waals surface area contributed by atoms with E-state index in [1.54, 1.807) is 14.2 Å². The molecule has 208 valence electrons. The van der Waals surface area contributed by atoms with Crippen LogP contribution in [0.5, 0.6) is 0 Å². The van der Waals surface area contributed by atoms with E-state index in [1.807, 2.05) is 0 Å². The third-order valence-corrected chi connectivity index (χ3v) is 10.5. The Kier molecular flexibility index (Phi) is 8.40. The summed E-state index contributed by atoms with van der Waals surface area (Å²) in [6.45, 7) is 8.46. The van der Waals surface area contributed by atoms with Gasteiger partial charge in [0.25, 0.3) is 0 Å². The van der Waals surface area contributed by atoms with Crippen LogP contribution in [0.25, 0.3) is 0 Å². The van der Waals surface area contributed by atoms with Crippen LogP contribution in [0.15, 0.2) is 121 Å². The van der Waals surface area contributed by atoms with E-state index in [2.05, 4.69) is 158 Å². The average molecular weight is 559 g/mol. The minimum absolute atomic E-state index is 1.07. The molecule has 0 aliphatic heterocycles. The number of hydrogen-bond acceptors (Lipinski definition) is 4. The Morgan fingerprint density at radius 1 is 0.439 bits per heavy atom. The van der Waals surface area contributed by atoms with Crippen LogP contribution >= 0.6 is 0 Å². The minimum atomic E-state index is -2.42. The first-order valence-electron chi connectivity index (χ1n) is 13.9. The van der Waals surface area contributed by atoms with Gasteiger partial charge in [0.15, 0.2) is 0 Å². The molecule has 0 aliphatic carbocycles. The van der Waals surface area contributed by atoms with Crippen LogP contribution < -0.4 is 15.0 Å². The predicted molar refractivity (Wildman–Crippen MR) is 175 cm³/mol. The standard InChI is InChI=1S/C36H38N2O2Si/c1-27-10-7-13-33(24-27)37(32-20-22-36(23-21-32)41(6,39-4)40-5)30-16-18-31(19-17-30)38(34-14-8-11-28(2)25-34)35-15-9-12-29(3)26-35/h7-26H,1-6H3. The van der Waals surface area contributed by atoms with Gasteiger partial charge in [0.05, 0.1) is 0 Å². The van der Waals surface area contributed by atoms with E-state index in [0.717, 1.165) is 39.3 Å². The van der Waals surface area contributed by atoms with E-state index >= 15 is 0 Å². The number of hydrogen-bond donors (Lipinski definition) is 0. The van der Waals surface area contributed by atoms with Crippen molar-refractivity contribution in [2.45, 2.75) is 27.3 Å². The molecular weight excluding hydrogens is 520 g/mol. The molecule has 0 radical (unpaired) electrons. The predicted octanol–water partition coefficient (Wildman–Crippen LogP) is 9.12. The minimum Gasteiger partial charge on any atom is -0.394 e. The summed E-state index contributed by atoms with van der Waals surface area (Å²) in [5, 5.41) is 1.10. The van der Waals surface area contributed by atoms with Gasteiger partial charge in [0.1, 0.15) is 0 Å². The van der Waals surface area contributed by atoms with Gasteiger partial charge >= 0.3 is 8.56 Å².